The summed E-state index contributed by atoms with van der Waals surface area (Å²) in [7, 11) is -0.749. The second-order valence-electron chi connectivity index (χ2n) is 10.1. The van der Waals surface area contributed by atoms with Crippen molar-refractivity contribution in [3.8, 4) is 17.6 Å². The summed E-state index contributed by atoms with van der Waals surface area (Å²) in [4.78, 5) is 16.6. The topological polar surface area (TPSA) is 134 Å². The number of carbonyl (C=O) groups excluding carboxylic acids is 1. The zero-order valence-corrected chi connectivity index (χ0v) is 26.2. The normalized spacial score (nSPS) is 14.7. The predicted molar refractivity (Wildman–Crippen MR) is 161 cm³/mol. The summed E-state index contributed by atoms with van der Waals surface area (Å²) in [5.74, 6) is 0.406. The number of nitrogens with one attached hydrogen (secondary N) is 1. The van der Waals surface area contributed by atoms with Gasteiger partial charge in [-0.25, -0.2) is 18.8 Å². The number of thioether (sulfide) groups is 1. The average Bonchev–Trinajstić information content (AvgIpc) is 3.03. The van der Waals surface area contributed by atoms with Crippen LogP contribution in [0.4, 0.5) is 13.2 Å². The quantitative estimate of drug-likeness (QED) is 0.179. The van der Waals surface area contributed by atoms with Gasteiger partial charge in [0.15, 0.2) is 0 Å². The van der Waals surface area contributed by atoms with Gasteiger partial charge in [0.05, 0.1) is 30.9 Å². The van der Waals surface area contributed by atoms with Gasteiger partial charge in [0.2, 0.25) is 15.9 Å². The Morgan fingerprint density at radius 3 is 2.44 bits per heavy atom. The van der Waals surface area contributed by atoms with Crippen molar-refractivity contribution in [1.82, 2.24) is 14.7 Å². The lowest BCUT2D eigenvalue weighted by Gasteiger charge is -2.30. The van der Waals surface area contributed by atoms with Crippen molar-refractivity contribution >= 4 is 33.9 Å². The molecular formula is C30H30F3N5O5S2. The Bertz CT molecular complexity index is 1720. The van der Waals surface area contributed by atoms with Crippen molar-refractivity contribution in [1.29, 1.82) is 5.26 Å². The first-order valence-electron chi connectivity index (χ1n) is 13.6. The van der Waals surface area contributed by atoms with Gasteiger partial charge in [-0.15, -0.1) is 11.8 Å². The third-order valence-electron chi connectivity index (χ3n) is 7.16. The van der Waals surface area contributed by atoms with Gasteiger partial charge >= 0.3 is 6.18 Å². The van der Waals surface area contributed by atoms with E-state index < -0.39 is 27.8 Å². The monoisotopic (exact) mass is 661 g/mol. The highest BCUT2D eigenvalue weighted by molar-refractivity contribution is 7.98. The fourth-order valence-corrected chi connectivity index (χ4v) is 7.19. The Kier molecular flexibility index (Phi) is 10.7. The molecule has 15 heteroatoms. The van der Waals surface area contributed by atoms with E-state index in [4.69, 9.17) is 9.47 Å². The minimum absolute atomic E-state index is 0.0407. The molecule has 0 spiro atoms. The van der Waals surface area contributed by atoms with Crippen LogP contribution in [-0.4, -0.2) is 57.1 Å². The Morgan fingerprint density at radius 1 is 1.16 bits per heavy atom. The van der Waals surface area contributed by atoms with E-state index in [9.17, 15) is 31.6 Å². The summed E-state index contributed by atoms with van der Waals surface area (Å²) in [6.07, 6.45) is -2.58. The third kappa shape index (κ3) is 8.13. The third-order valence-corrected chi connectivity index (χ3v) is 10.1. The zero-order valence-electron chi connectivity index (χ0n) is 24.6. The van der Waals surface area contributed by atoms with Gasteiger partial charge in [0, 0.05) is 30.3 Å². The number of carbonyl (C=O) groups is 1. The minimum Gasteiger partial charge on any atom is -0.497 e. The number of hydrazone groups is 1. The second-order valence-corrected chi connectivity index (χ2v) is 13.0. The molecule has 2 aromatic carbocycles. The van der Waals surface area contributed by atoms with Crippen LogP contribution in [0.1, 0.15) is 40.8 Å². The lowest BCUT2D eigenvalue weighted by molar-refractivity contribution is -0.141. The summed E-state index contributed by atoms with van der Waals surface area (Å²) >= 11 is 0.977. The Balaban J connectivity index is 1.37. The SMILES string of the molecule is COc1ccc(S(=O)(=O)N2CCC(C(=O)NN=Cc3ccc(OC)c(CSc4nc(C(F)(F)F)cc(C)c4C#N)c3)CC2)cc1. The van der Waals surface area contributed by atoms with Crippen LogP contribution in [0.15, 0.2) is 63.6 Å². The van der Waals surface area contributed by atoms with Gasteiger partial charge in [-0.2, -0.15) is 27.8 Å². The number of alkyl halides is 3. The van der Waals surface area contributed by atoms with E-state index in [0.717, 1.165) is 17.8 Å². The van der Waals surface area contributed by atoms with Gasteiger partial charge < -0.3 is 9.47 Å². The number of sulfonamides is 1. The fourth-order valence-electron chi connectivity index (χ4n) is 4.68. The molecule has 0 atom stereocenters. The lowest BCUT2D eigenvalue weighted by atomic mass is 9.98. The molecule has 0 saturated carbocycles. The van der Waals surface area contributed by atoms with Crippen molar-refractivity contribution in [2.75, 3.05) is 27.3 Å². The molecule has 1 aliphatic heterocycles. The van der Waals surface area contributed by atoms with Crippen molar-refractivity contribution in [3.05, 3.63) is 76.5 Å². The molecule has 3 aromatic rings. The first-order chi connectivity index (χ1) is 21.4. The van der Waals surface area contributed by atoms with Crippen LogP contribution in [-0.2, 0) is 26.7 Å². The molecule has 1 aliphatic rings. The molecule has 1 fully saturated rings. The Labute approximate surface area is 263 Å². The number of methoxy groups -OCH3 is 2. The van der Waals surface area contributed by atoms with E-state index >= 15 is 0 Å². The van der Waals surface area contributed by atoms with Crippen LogP contribution in [0.5, 0.6) is 11.5 Å². The molecule has 1 N–H and O–H groups in total. The molecule has 4 rings (SSSR count). The summed E-state index contributed by atoms with van der Waals surface area (Å²) in [5.41, 5.74) is 2.87. The number of pyridine rings is 1. The summed E-state index contributed by atoms with van der Waals surface area (Å²) in [5, 5.41) is 13.5. The molecular weight excluding hydrogens is 631 g/mol. The number of amides is 1. The van der Waals surface area contributed by atoms with Crippen molar-refractivity contribution < 1.29 is 35.9 Å². The second kappa shape index (κ2) is 14.3. The number of aryl methyl sites for hydroxylation is 1. The molecule has 0 unspecified atom stereocenters. The lowest BCUT2D eigenvalue weighted by Crippen LogP contribution is -2.42. The van der Waals surface area contributed by atoms with Crippen LogP contribution in [0.25, 0.3) is 0 Å². The van der Waals surface area contributed by atoms with Gasteiger partial charge in [-0.05, 0) is 79.4 Å². The molecule has 2 heterocycles. The van der Waals surface area contributed by atoms with Gasteiger partial charge in [0.25, 0.3) is 0 Å². The summed E-state index contributed by atoms with van der Waals surface area (Å²) < 4.78 is 77.7. The van der Waals surface area contributed by atoms with Crippen molar-refractivity contribution in [2.45, 2.75) is 41.6 Å². The van der Waals surface area contributed by atoms with Gasteiger partial charge in [-0.3, -0.25) is 4.79 Å². The maximum absolute atomic E-state index is 13.3. The van der Waals surface area contributed by atoms with E-state index in [2.05, 4.69) is 15.5 Å². The maximum atomic E-state index is 13.3. The van der Waals surface area contributed by atoms with E-state index in [0.29, 0.717) is 35.5 Å². The molecule has 0 aliphatic carbocycles. The number of nitriles is 1. The molecule has 1 amide bonds. The van der Waals surface area contributed by atoms with Crippen molar-refractivity contribution in [3.63, 3.8) is 0 Å². The number of ether oxygens (including phenoxy) is 2. The largest absolute Gasteiger partial charge is 0.497 e. The van der Waals surface area contributed by atoms with E-state index in [-0.39, 0.29) is 45.8 Å². The molecule has 0 radical (unpaired) electrons. The Morgan fingerprint density at radius 2 is 1.84 bits per heavy atom. The Hall–Kier alpha value is -4.13. The number of hydrogen-bond acceptors (Lipinski definition) is 9. The van der Waals surface area contributed by atoms with Crippen molar-refractivity contribution in [2.24, 2.45) is 11.0 Å². The van der Waals surface area contributed by atoms with Crippen LogP contribution in [0.2, 0.25) is 0 Å². The summed E-state index contributed by atoms with van der Waals surface area (Å²) in [6, 6.07) is 14.0. The smallest absolute Gasteiger partial charge is 0.433 e. The first kappa shape index (κ1) is 33.8. The van der Waals surface area contributed by atoms with Crippen LogP contribution >= 0.6 is 11.8 Å². The van der Waals surface area contributed by atoms with Crippen LogP contribution in [0, 0.1) is 24.2 Å². The maximum Gasteiger partial charge on any atom is 0.433 e. The van der Waals surface area contributed by atoms with Crippen LogP contribution in [0.3, 0.4) is 0 Å². The van der Waals surface area contributed by atoms with E-state index in [1.807, 2.05) is 6.07 Å². The number of nitrogens with zero attached hydrogens (tertiary/aromatic N) is 4. The zero-order chi connectivity index (χ0) is 32.8. The highest BCUT2D eigenvalue weighted by Crippen LogP contribution is 2.35. The van der Waals surface area contributed by atoms with Gasteiger partial charge in [0.1, 0.15) is 28.3 Å². The predicted octanol–water partition coefficient (Wildman–Crippen LogP) is 5.14. The van der Waals surface area contributed by atoms with E-state index in [1.165, 1.54) is 43.8 Å². The molecule has 45 heavy (non-hydrogen) atoms. The molecule has 10 nitrogen and oxygen atoms in total. The van der Waals surface area contributed by atoms with E-state index in [1.54, 1.807) is 30.3 Å². The highest BCUT2D eigenvalue weighted by atomic mass is 32.2. The number of aromatic nitrogens is 1. The number of rotatable bonds is 10. The minimum atomic E-state index is -4.65. The fraction of sp³-hybridized carbons (Fsp3) is 0.333. The number of halogens is 3. The standard InChI is InChI=1S/C30H30F3N5O5S2/c1-19-14-27(30(31,32)33)36-29(25(19)16-34)44-18-22-15-20(4-9-26(22)43-3)17-35-37-28(39)21-10-12-38(13-11-21)45(40,41)24-7-5-23(42-2)6-8-24/h4-9,14-15,17,21H,10-13,18H2,1-3H3,(H,37,39). The average molecular weight is 662 g/mol. The molecule has 1 saturated heterocycles. The molecule has 0 bridgehead atoms. The molecule has 238 valence electrons. The molecule has 1 aromatic heterocycles. The number of benzene rings is 2. The number of hydrogen-bond donors (Lipinski definition) is 1. The number of piperidine rings is 1. The van der Waals surface area contributed by atoms with Gasteiger partial charge in [-0.1, -0.05) is 0 Å². The highest BCUT2D eigenvalue weighted by Gasteiger charge is 2.34. The first-order valence-corrected chi connectivity index (χ1v) is 16.1. The summed E-state index contributed by atoms with van der Waals surface area (Å²) in [6.45, 7) is 1.80. The van der Waals surface area contributed by atoms with Crippen LogP contribution < -0.4 is 14.9 Å².